The van der Waals surface area contributed by atoms with E-state index in [-0.39, 0.29) is 11.6 Å². The van der Waals surface area contributed by atoms with Crippen LogP contribution in [0, 0.1) is 0 Å². The maximum atomic E-state index is 11.5. The van der Waals surface area contributed by atoms with E-state index in [2.05, 4.69) is 15.4 Å². The number of pyridine rings is 1. The van der Waals surface area contributed by atoms with Crippen LogP contribution < -0.4 is 10.9 Å². The summed E-state index contributed by atoms with van der Waals surface area (Å²) in [6, 6.07) is 5.36. The summed E-state index contributed by atoms with van der Waals surface area (Å²) in [5, 5.41) is 6.47. The Morgan fingerprint density at radius 1 is 1.38 bits per heavy atom. The molecule has 0 aromatic carbocycles. The molecule has 1 aliphatic rings. The first kappa shape index (κ1) is 9.59. The van der Waals surface area contributed by atoms with E-state index in [9.17, 15) is 4.79 Å². The van der Waals surface area contributed by atoms with Crippen molar-refractivity contribution in [2.45, 2.75) is 25.3 Å². The second-order valence-corrected chi connectivity index (χ2v) is 4.17. The summed E-state index contributed by atoms with van der Waals surface area (Å²) >= 11 is 0. The van der Waals surface area contributed by atoms with Gasteiger partial charge in [0.1, 0.15) is 5.82 Å². The van der Waals surface area contributed by atoms with Gasteiger partial charge in [0.05, 0.1) is 6.04 Å². The van der Waals surface area contributed by atoms with Gasteiger partial charge in [-0.05, 0) is 25.5 Å². The third kappa shape index (κ3) is 1.53. The summed E-state index contributed by atoms with van der Waals surface area (Å²) in [6.07, 6.45) is 3.51. The number of nitrogens with zero attached hydrogens (tertiary/aromatic N) is 2. The fourth-order valence-corrected chi connectivity index (χ4v) is 2.18. The minimum Gasteiger partial charge on any atom is -0.307 e. The molecule has 0 spiro atoms. The Hall–Kier alpha value is -1.62. The Labute approximate surface area is 92.5 Å². The monoisotopic (exact) mass is 218 g/mol. The number of aromatic nitrogens is 3. The van der Waals surface area contributed by atoms with E-state index in [0.29, 0.717) is 5.65 Å². The first-order valence-electron chi connectivity index (χ1n) is 5.66. The van der Waals surface area contributed by atoms with Crippen molar-refractivity contribution in [1.82, 2.24) is 19.9 Å². The predicted octanol–water partition coefficient (Wildman–Crippen LogP) is 0.837. The molecule has 2 aromatic rings. The average Bonchev–Trinajstić information content (AvgIpc) is 2.76. The Morgan fingerprint density at radius 3 is 3.06 bits per heavy atom. The van der Waals surface area contributed by atoms with Crippen molar-refractivity contribution in [3.63, 3.8) is 0 Å². The number of fused-ring (bicyclic) bond motifs is 1. The van der Waals surface area contributed by atoms with Crippen LogP contribution in [-0.4, -0.2) is 21.1 Å². The molecule has 1 aliphatic heterocycles. The van der Waals surface area contributed by atoms with Crippen LogP contribution in [0.3, 0.4) is 0 Å². The van der Waals surface area contributed by atoms with Crippen molar-refractivity contribution in [3.05, 3.63) is 34.4 Å². The van der Waals surface area contributed by atoms with Crippen LogP contribution in [0.2, 0.25) is 0 Å². The number of rotatable bonds is 1. The molecule has 1 unspecified atom stereocenters. The van der Waals surface area contributed by atoms with Gasteiger partial charge in [-0.1, -0.05) is 12.5 Å². The summed E-state index contributed by atoms with van der Waals surface area (Å²) in [5.74, 6) is 0.864. The third-order valence-electron chi connectivity index (χ3n) is 3.04. The zero-order valence-electron chi connectivity index (χ0n) is 8.94. The van der Waals surface area contributed by atoms with Gasteiger partial charge in [-0.25, -0.2) is 9.50 Å². The molecule has 3 rings (SSSR count). The van der Waals surface area contributed by atoms with Gasteiger partial charge in [-0.2, -0.15) is 0 Å². The van der Waals surface area contributed by atoms with Crippen LogP contribution >= 0.6 is 0 Å². The fourth-order valence-electron chi connectivity index (χ4n) is 2.18. The SMILES string of the molecule is O=c1cccc2nc(C3CCCCN3)[nH]n12. The molecule has 16 heavy (non-hydrogen) atoms. The van der Waals surface area contributed by atoms with Crippen molar-refractivity contribution < 1.29 is 0 Å². The molecule has 5 heteroatoms. The molecule has 3 heterocycles. The van der Waals surface area contributed by atoms with E-state index < -0.39 is 0 Å². The molecule has 1 atom stereocenters. The van der Waals surface area contributed by atoms with Crippen molar-refractivity contribution in [1.29, 1.82) is 0 Å². The maximum absolute atomic E-state index is 11.5. The van der Waals surface area contributed by atoms with Crippen LogP contribution in [0.25, 0.3) is 5.65 Å². The first-order chi connectivity index (χ1) is 7.84. The highest BCUT2D eigenvalue weighted by molar-refractivity contribution is 5.36. The molecular weight excluding hydrogens is 204 g/mol. The highest BCUT2D eigenvalue weighted by Crippen LogP contribution is 2.19. The minimum absolute atomic E-state index is 0.0629. The van der Waals surface area contributed by atoms with E-state index in [1.165, 1.54) is 23.4 Å². The molecule has 0 saturated carbocycles. The first-order valence-corrected chi connectivity index (χ1v) is 5.66. The molecule has 2 N–H and O–H groups in total. The Kier molecular flexibility index (Phi) is 2.25. The molecule has 0 amide bonds. The van der Waals surface area contributed by atoms with Gasteiger partial charge in [-0.3, -0.25) is 9.89 Å². The Morgan fingerprint density at radius 2 is 2.31 bits per heavy atom. The normalized spacial score (nSPS) is 21.4. The molecule has 1 fully saturated rings. The molecule has 2 aromatic heterocycles. The van der Waals surface area contributed by atoms with Crippen LogP contribution in [-0.2, 0) is 0 Å². The lowest BCUT2D eigenvalue weighted by atomic mass is 10.0. The molecule has 1 saturated heterocycles. The molecule has 0 bridgehead atoms. The fraction of sp³-hybridized carbons (Fsp3) is 0.455. The summed E-state index contributed by atoms with van der Waals surface area (Å²) < 4.78 is 1.49. The highest BCUT2D eigenvalue weighted by atomic mass is 16.1. The molecule has 0 radical (unpaired) electrons. The Bertz CT molecular complexity index is 550. The number of piperidine rings is 1. The topological polar surface area (TPSA) is 62.2 Å². The average molecular weight is 218 g/mol. The van der Waals surface area contributed by atoms with Crippen molar-refractivity contribution >= 4 is 5.65 Å². The van der Waals surface area contributed by atoms with Gasteiger partial charge >= 0.3 is 0 Å². The van der Waals surface area contributed by atoms with E-state index in [1.807, 2.05) is 6.07 Å². The van der Waals surface area contributed by atoms with Crippen molar-refractivity contribution in [2.24, 2.45) is 0 Å². The lowest BCUT2D eigenvalue weighted by Crippen LogP contribution is -2.27. The van der Waals surface area contributed by atoms with Crippen LogP contribution in [0.15, 0.2) is 23.0 Å². The van der Waals surface area contributed by atoms with E-state index in [0.717, 1.165) is 18.8 Å². The number of aromatic amines is 1. The van der Waals surface area contributed by atoms with Gasteiger partial charge in [-0.15, -0.1) is 0 Å². The quantitative estimate of drug-likeness (QED) is 0.745. The van der Waals surface area contributed by atoms with Gasteiger partial charge in [0, 0.05) is 6.07 Å². The predicted molar refractivity (Wildman–Crippen MR) is 60.4 cm³/mol. The third-order valence-corrected chi connectivity index (χ3v) is 3.04. The van der Waals surface area contributed by atoms with Crippen LogP contribution in [0.4, 0.5) is 0 Å². The lowest BCUT2D eigenvalue weighted by Gasteiger charge is -2.20. The highest BCUT2D eigenvalue weighted by Gasteiger charge is 2.18. The van der Waals surface area contributed by atoms with Crippen LogP contribution in [0.1, 0.15) is 31.1 Å². The second kappa shape index (κ2) is 3.75. The zero-order chi connectivity index (χ0) is 11.0. The summed E-state index contributed by atoms with van der Waals surface area (Å²) in [6.45, 7) is 1.02. The van der Waals surface area contributed by atoms with Gasteiger partial charge in [0.2, 0.25) is 0 Å². The molecule has 84 valence electrons. The van der Waals surface area contributed by atoms with Crippen molar-refractivity contribution in [3.8, 4) is 0 Å². The maximum Gasteiger partial charge on any atom is 0.271 e. The number of nitrogens with one attached hydrogen (secondary N) is 2. The summed E-state index contributed by atoms with van der Waals surface area (Å²) in [5.41, 5.74) is 0.627. The summed E-state index contributed by atoms with van der Waals surface area (Å²) in [4.78, 5) is 16.0. The van der Waals surface area contributed by atoms with E-state index in [1.54, 1.807) is 6.07 Å². The van der Waals surface area contributed by atoms with Crippen molar-refractivity contribution in [2.75, 3.05) is 6.54 Å². The number of H-pyrrole nitrogens is 1. The Balaban J connectivity index is 2.04. The summed E-state index contributed by atoms with van der Waals surface area (Å²) in [7, 11) is 0. The van der Waals surface area contributed by atoms with Gasteiger partial charge in [0.25, 0.3) is 5.56 Å². The lowest BCUT2D eigenvalue weighted by molar-refractivity contribution is 0.397. The smallest absolute Gasteiger partial charge is 0.271 e. The molecule has 0 aliphatic carbocycles. The molecular formula is C11H14N4O. The largest absolute Gasteiger partial charge is 0.307 e. The minimum atomic E-state index is -0.0629. The second-order valence-electron chi connectivity index (χ2n) is 4.17. The zero-order valence-corrected chi connectivity index (χ0v) is 8.94. The van der Waals surface area contributed by atoms with Gasteiger partial charge < -0.3 is 5.32 Å². The standard InChI is InChI=1S/C11H14N4O/c16-10-6-3-5-9-13-11(14-15(9)10)8-4-1-2-7-12-8/h3,5-6,8,12H,1-2,4,7H2,(H,13,14). The number of hydrogen-bond donors (Lipinski definition) is 2. The number of hydrogen-bond acceptors (Lipinski definition) is 3. The van der Waals surface area contributed by atoms with E-state index >= 15 is 0 Å². The molecule has 5 nitrogen and oxygen atoms in total. The van der Waals surface area contributed by atoms with Crippen LogP contribution in [0.5, 0.6) is 0 Å². The van der Waals surface area contributed by atoms with Gasteiger partial charge in [0.15, 0.2) is 5.65 Å². The van der Waals surface area contributed by atoms with E-state index in [4.69, 9.17) is 0 Å².